The minimum absolute atomic E-state index is 0.00861. The largest absolute Gasteiger partial charge is 0.493 e. The summed E-state index contributed by atoms with van der Waals surface area (Å²) >= 11 is 0. The molecule has 0 radical (unpaired) electrons. The van der Waals surface area contributed by atoms with E-state index in [-0.39, 0.29) is 6.04 Å². The van der Waals surface area contributed by atoms with Crippen LogP contribution < -0.4 is 10.5 Å². The number of hydrogen-bond donors (Lipinski definition) is 1. The Morgan fingerprint density at radius 3 is 2.95 bits per heavy atom. The molecule has 1 unspecified atom stereocenters. The number of rotatable bonds is 4. The molecule has 3 rings (SSSR count). The summed E-state index contributed by atoms with van der Waals surface area (Å²) in [5.41, 5.74) is 9.77. The van der Waals surface area contributed by atoms with E-state index in [1.807, 2.05) is 0 Å². The van der Waals surface area contributed by atoms with Gasteiger partial charge >= 0.3 is 0 Å². The molecule has 0 amide bonds. The molecular weight excluding hydrogens is 238 g/mol. The van der Waals surface area contributed by atoms with Crippen LogP contribution in [0.2, 0.25) is 0 Å². The van der Waals surface area contributed by atoms with Crippen molar-refractivity contribution in [1.29, 1.82) is 0 Å². The number of benzene rings is 1. The molecule has 1 aliphatic heterocycles. The van der Waals surface area contributed by atoms with Crippen LogP contribution >= 0.6 is 0 Å². The molecule has 1 aromatic carbocycles. The fourth-order valence-electron chi connectivity index (χ4n) is 2.39. The fraction of sp³-hybridized carbons (Fsp3) is 0.333. The Morgan fingerprint density at radius 2 is 2.11 bits per heavy atom. The fourth-order valence-corrected chi connectivity index (χ4v) is 2.39. The predicted octanol–water partition coefficient (Wildman–Crippen LogP) is 2.04. The Balaban J connectivity index is 1.63. The lowest BCUT2D eigenvalue weighted by atomic mass is 10.00. The van der Waals surface area contributed by atoms with Gasteiger partial charge in [-0.2, -0.15) is 0 Å². The quantitative estimate of drug-likeness (QED) is 0.908. The first-order valence-corrected chi connectivity index (χ1v) is 6.58. The van der Waals surface area contributed by atoms with Gasteiger partial charge in [-0.15, -0.1) is 0 Å². The number of nitrogens with two attached hydrogens (primary N) is 1. The molecule has 19 heavy (non-hydrogen) atoms. The highest BCUT2D eigenvalue weighted by Crippen LogP contribution is 2.27. The summed E-state index contributed by atoms with van der Waals surface area (Å²) in [6.45, 7) is 0.805. The van der Waals surface area contributed by atoms with Crippen molar-refractivity contribution < 1.29 is 4.74 Å². The van der Waals surface area contributed by atoms with Crippen LogP contribution in [0.3, 0.4) is 0 Å². The van der Waals surface area contributed by atoms with Crippen LogP contribution in [0.15, 0.2) is 36.9 Å². The van der Waals surface area contributed by atoms with Crippen molar-refractivity contribution in [3.8, 4) is 5.75 Å². The van der Waals surface area contributed by atoms with Gasteiger partial charge in [-0.25, -0.2) is 9.97 Å². The number of aryl methyl sites for hydroxylation is 1. The predicted molar refractivity (Wildman–Crippen MR) is 72.9 cm³/mol. The molecule has 1 aromatic heterocycles. The Labute approximate surface area is 112 Å². The highest BCUT2D eigenvalue weighted by atomic mass is 16.5. The Morgan fingerprint density at radius 1 is 1.26 bits per heavy atom. The summed E-state index contributed by atoms with van der Waals surface area (Å²) in [6.07, 6.45) is 7.97. The van der Waals surface area contributed by atoms with Gasteiger partial charge < -0.3 is 10.5 Å². The Bertz CT molecular complexity index is 557. The van der Waals surface area contributed by atoms with Crippen LogP contribution in [0.5, 0.6) is 5.75 Å². The molecule has 2 N–H and O–H groups in total. The topological polar surface area (TPSA) is 61.0 Å². The van der Waals surface area contributed by atoms with Gasteiger partial charge in [0.15, 0.2) is 0 Å². The zero-order chi connectivity index (χ0) is 13.1. The number of ether oxygens (including phenoxy) is 1. The number of nitrogens with zero attached hydrogens (tertiary/aromatic N) is 2. The van der Waals surface area contributed by atoms with Crippen molar-refractivity contribution in [2.24, 2.45) is 5.73 Å². The molecule has 0 saturated heterocycles. The van der Waals surface area contributed by atoms with E-state index in [1.54, 1.807) is 12.4 Å². The first-order valence-electron chi connectivity index (χ1n) is 6.58. The summed E-state index contributed by atoms with van der Waals surface area (Å²) in [6, 6.07) is 6.41. The van der Waals surface area contributed by atoms with Crippen molar-refractivity contribution in [2.45, 2.75) is 25.3 Å². The van der Waals surface area contributed by atoms with E-state index >= 15 is 0 Å². The van der Waals surface area contributed by atoms with E-state index in [9.17, 15) is 0 Å². The number of aromatic nitrogens is 2. The van der Waals surface area contributed by atoms with Crippen molar-refractivity contribution in [2.75, 3.05) is 6.61 Å². The highest BCUT2D eigenvalue weighted by molar-refractivity contribution is 5.39. The minimum Gasteiger partial charge on any atom is -0.493 e. The molecule has 0 spiro atoms. The molecule has 0 fully saturated rings. The summed E-state index contributed by atoms with van der Waals surface area (Å²) in [4.78, 5) is 8.00. The van der Waals surface area contributed by atoms with Crippen LogP contribution in [0, 0.1) is 0 Å². The molecule has 4 nitrogen and oxygen atoms in total. The molecule has 0 saturated carbocycles. The molecule has 98 valence electrons. The lowest BCUT2D eigenvalue weighted by Crippen LogP contribution is -2.12. The maximum absolute atomic E-state index is 6.15. The van der Waals surface area contributed by atoms with Gasteiger partial charge in [0.2, 0.25) is 0 Å². The van der Waals surface area contributed by atoms with Gasteiger partial charge in [-0.3, -0.25) is 0 Å². The third-order valence-electron chi connectivity index (χ3n) is 3.51. The SMILES string of the molecule is NC(CCc1ccc2c(c1)CCO2)c1cncnc1. The maximum atomic E-state index is 6.15. The Kier molecular flexibility index (Phi) is 3.42. The van der Waals surface area contributed by atoms with Crippen molar-refractivity contribution in [3.63, 3.8) is 0 Å². The standard InChI is InChI=1S/C15H17N3O/c16-14(13-8-17-10-18-9-13)3-1-11-2-4-15-12(7-11)5-6-19-15/h2,4,7-10,14H,1,3,5-6,16H2. The van der Waals surface area contributed by atoms with Gasteiger partial charge in [0.25, 0.3) is 0 Å². The molecule has 0 bridgehead atoms. The van der Waals surface area contributed by atoms with E-state index in [0.717, 1.165) is 37.2 Å². The van der Waals surface area contributed by atoms with Crippen molar-refractivity contribution in [3.05, 3.63) is 53.6 Å². The Hall–Kier alpha value is -1.94. The molecule has 2 heterocycles. The third-order valence-corrected chi connectivity index (χ3v) is 3.51. The van der Waals surface area contributed by atoms with Gasteiger partial charge in [0, 0.05) is 30.4 Å². The lowest BCUT2D eigenvalue weighted by molar-refractivity contribution is 0.357. The highest BCUT2D eigenvalue weighted by Gasteiger charge is 2.13. The average molecular weight is 255 g/mol. The van der Waals surface area contributed by atoms with E-state index in [1.165, 1.54) is 17.5 Å². The number of fused-ring (bicyclic) bond motifs is 1. The maximum Gasteiger partial charge on any atom is 0.122 e. The van der Waals surface area contributed by atoms with Gasteiger partial charge in [-0.05, 0) is 30.0 Å². The van der Waals surface area contributed by atoms with E-state index in [4.69, 9.17) is 10.5 Å². The first kappa shape index (κ1) is 12.1. The molecule has 0 aliphatic carbocycles. The molecule has 2 aromatic rings. The van der Waals surface area contributed by atoms with Crippen LogP contribution in [-0.4, -0.2) is 16.6 Å². The smallest absolute Gasteiger partial charge is 0.122 e. The second kappa shape index (κ2) is 5.36. The lowest BCUT2D eigenvalue weighted by Gasteiger charge is -2.11. The van der Waals surface area contributed by atoms with Gasteiger partial charge in [-0.1, -0.05) is 12.1 Å². The second-order valence-corrected chi connectivity index (χ2v) is 4.86. The number of hydrogen-bond acceptors (Lipinski definition) is 4. The van der Waals surface area contributed by atoms with E-state index < -0.39 is 0 Å². The van der Waals surface area contributed by atoms with Crippen LogP contribution in [0.1, 0.15) is 29.2 Å². The second-order valence-electron chi connectivity index (χ2n) is 4.86. The zero-order valence-corrected chi connectivity index (χ0v) is 10.7. The molecule has 1 atom stereocenters. The zero-order valence-electron chi connectivity index (χ0n) is 10.7. The first-order chi connectivity index (χ1) is 9.33. The summed E-state index contributed by atoms with van der Waals surface area (Å²) in [5.74, 6) is 1.03. The van der Waals surface area contributed by atoms with Crippen molar-refractivity contribution >= 4 is 0 Å². The summed E-state index contributed by atoms with van der Waals surface area (Å²) in [5, 5.41) is 0. The minimum atomic E-state index is -0.00861. The molecular formula is C15H17N3O. The van der Waals surface area contributed by atoms with Crippen LogP contribution in [0.4, 0.5) is 0 Å². The normalized spacial score (nSPS) is 14.8. The van der Waals surface area contributed by atoms with E-state index in [0.29, 0.717) is 0 Å². The third kappa shape index (κ3) is 2.74. The van der Waals surface area contributed by atoms with E-state index in [2.05, 4.69) is 28.2 Å². The van der Waals surface area contributed by atoms with Gasteiger partial charge in [0.05, 0.1) is 6.61 Å². The average Bonchev–Trinajstić information content (AvgIpc) is 2.93. The summed E-state index contributed by atoms with van der Waals surface area (Å²) in [7, 11) is 0. The van der Waals surface area contributed by atoms with Crippen molar-refractivity contribution in [1.82, 2.24) is 9.97 Å². The van der Waals surface area contributed by atoms with Crippen LogP contribution in [-0.2, 0) is 12.8 Å². The molecule has 4 heteroatoms. The summed E-state index contributed by atoms with van der Waals surface area (Å²) < 4.78 is 5.51. The molecule has 1 aliphatic rings. The van der Waals surface area contributed by atoms with Crippen LogP contribution in [0.25, 0.3) is 0 Å². The van der Waals surface area contributed by atoms with Gasteiger partial charge in [0.1, 0.15) is 12.1 Å². The monoisotopic (exact) mass is 255 g/mol.